The Hall–Kier alpha value is -2.55. The van der Waals surface area contributed by atoms with Gasteiger partial charge >= 0.3 is 6.61 Å². The zero-order valence-electron chi connectivity index (χ0n) is 13.5. The maximum Gasteiger partial charge on any atom is 0.387 e. The van der Waals surface area contributed by atoms with Crippen molar-refractivity contribution in [2.24, 2.45) is 0 Å². The van der Waals surface area contributed by atoms with E-state index in [2.05, 4.69) is 25.7 Å². The Bertz CT molecular complexity index is 716. The summed E-state index contributed by atoms with van der Waals surface area (Å²) in [6.07, 6.45) is 3.48. The number of rotatable bonds is 6. The van der Waals surface area contributed by atoms with Gasteiger partial charge in [-0.25, -0.2) is 4.68 Å². The second kappa shape index (κ2) is 8.02. The van der Waals surface area contributed by atoms with Gasteiger partial charge in [0.25, 0.3) is 5.91 Å². The summed E-state index contributed by atoms with van der Waals surface area (Å²) in [4.78, 5) is 12.2. The molecular weight excluding hydrogens is 332 g/mol. The SMILES string of the molecule is O=C(NCc1ccccc1OC(F)F)c1cn(C2CCNCC2)nn1. The number of halogens is 2. The van der Waals surface area contributed by atoms with E-state index >= 15 is 0 Å². The minimum absolute atomic E-state index is 0.0381. The van der Waals surface area contributed by atoms with Crippen molar-refractivity contribution in [2.75, 3.05) is 13.1 Å². The maximum absolute atomic E-state index is 12.4. The lowest BCUT2D eigenvalue weighted by Gasteiger charge is -2.22. The lowest BCUT2D eigenvalue weighted by Crippen LogP contribution is -2.29. The summed E-state index contributed by atoms with van der Waals surface area (Å²) in [5.74, 6) is -0.372. The lowest BCUT2D eigenvalue weighted by molar-refractivity contribution is -0.0504. The fraction of sp³-hybridized carbons (Fsp3) is 0.438. The van der Waals surface area contributed by atoms with Crippen LogP contribution in [0.3, 0.4) is 0 Å². The maximum atomic E-state index is 12.4. The first-order valence-electron chi connectivity index (χ1n) is 8.07. The van der Waals surface area contributed by atoms with Gasteiger partial charge in [0, 0.05) is 12.1 Å². The summed E-state index contributed by atoms with van der Waals surface area (Å²) in [6.45, 7) is -1.04. The number of aromatic nitrogens is 3. The van der Waals surface area contributed by atoms with Gasteiger partial charge in [-0.05, 0) is 32.0 Å². The number of ether oxygens (including phenoxy) is 1. The van der Waals surface area contributed by atoms with Gasteiger partial charge in [-0.3, -0.25) is 4.79 Å². The number of nitrogens with one attached hydrogen (secondary N) is 2. The van der Waals surface area contributed by atoms with Crippen LogP contribution in [0.5, 0.6) is 5.75 Å². The molecule has 25 heavy (non-hydrogen) atoms. The molecule has 2 aromatic rings. The molecule has 0 aliphatic carbocycles. The third-order valence-corrected chi connectivity index (χ3v) is 4.05. The Morgan fingerprint density at radius 2 is 2.12 bits per heavy atom. The fourth-order valence-electron chi connectivity index (χ4n) is 2.76. The average Bonchev–Trinajstić information content (AvgIpc) is 3.11. The number of nitrogens with zero attached hydrogens (tertiary/aromatic N) is 3. The van der Waals surface area contributed by atoms with Gasteiger partial charge in [-0.1, -0.05) is 23.4 Å². The van der Waals surface area contributed by atoms with Crippen LogP contribution >= 0.6 is 0 Å². The van der Waals surface area contributed by atoms with Crippen molar-refractivity contribution in [2.45, 2.75) is 32.0 Å². The summed E-state index contributed by atoms with van der Waals surface area (Å²) < 4.78 is 31.0. The Morgan fingerprint density at radius 1 is 1.36 bits per heavy atom. The topological polar surface area (TPSA) is 81.1 Å². The number of para-hydroxylation sites is 1. The zero-order valence-corrected chi connectivity index (χ0v) is 13.5. The van der Waals surface area contributed by atoms with Crippen molar-refractivity contribution in [1.29, 1.82) is 0 Å². The smallest absolute Gasteiger partial charge is 0.387 e. The molecule has 0 unspecified atom stereocenters. The predicted octanol–water partition coefficient (Wildman–Crippen LogP) is 1.73. The van der Waals surface area contributed by atoms with Crippen LogP contribution in [0.1, 0.15) is 34.9 Å². The summed E-state index contributed by atoms with van der Waals surface area (Å²) in [5.41, 5.74) is 0.660. The van der Waals surface area contributed by atoms with Crippen LogP contribution < -0.4 is 15.4 Å². The van der Waals surface area contributed by atoms with E-state index < -0.39 is 12.5 Å². The molecule has 1 aliphatic heterocycles. The highest BCUT2D eigenvalue weighted by Gasteiger charge is 2.19. The standard InChI is InChI=1S/C16H19F2N5O2/c17-16(18)25-14-4-2-1-3-11(14)9-20-15(24)13-10-23(22-21-13)12-5-7-19-8-6-12/h1-4,10,12,16,19H,5-9H2,(H,20,24). The van der Waals surface area contributed by atoms with Crippen LogP contribution in [-0.4, -0.2) is 40.6 Å². The summed E-state index contributed by atoms with van der Waals surface area (Å²) in [6, 6.07) is 6.56. The van der Waals surface area contributed by atoms with Gasteiger partial charge in [0.05, 0.1) is 12.2 Å². The molecule has 1 saturated heterocycles. The van der Waals surface area contributed by atoms with E-state index in [1.165, 1.54) is 6.07 Å². The van der Waals surface area contributed by atoms with Gasteiger partial charge in [-0.15, -0.1) is 5.10 Å². The third-order valence-electron chi connectivity index (χ3n) is 4.05. The molecule has 1 aromatic heterocycles. The number of piperidine rings is 1. The molecule has 0 saturated carbocycles. The van der Waals surface area contributed by atoms with Crippen molar-refractivity contribution in [3.05, 3.63) is 41.7 Å². The van der Waals surface area contributed by atoms with Gasteiger partial charge in [0.1, 0.15) is 5.75 Å². The predicted molar refractivity (Wildman–Crippen MR) is 85.4 cm³/mol. The molecule has 2 N–H and O–H groups in total. The Morgan fingerprint density at radius 3 is 2.88 bits per heavy atom. The minimum Gasteiger partial charge on any atom is -0.434 e. The van der Waals surface area contributed by atoms with Gasteiger partial charge in [0.15, 0.2) is 5.69 Å². The molecule has 0 atom stereocenters. The molecule has 0 radical (unpaired) electrons. The number of hydrogen-bond acceptors (Lipinski definition) is 5. The minimum atomic E-state index is -2.92. The first-order valence-corrected chi connectivity index (χ1v) is 8.07. The van der Waals surface area contributed by atoms with Crippen LogP contribution in [0, 0.1) is 0 Å². The van der Waals surface area contributed by atoms with E-state index in [1.54, 1.807) is 29.1 Å². The Kier molecular flexibility index (Phi) is 5.54. The van der Waals surface area contributed by atoms with Crippen molar-refractivity contribution >= 4 is 5.91 Å². The van der Waals surface area contributed by atoms with Gasteiger partial charge in [0.2, 0.25) is 0 Å². The van der Waals surface area contributed by atoms with Crippen LogP contribution in [0.25, 0.3) is 0 Å². The molecular formula is C16H19F2N5O2. The van der Waals surface area contributed by atoms with Crippen LogP contribution in [-0.2, 0) is 6.54 Å². The van der Waals surface area contributed by atoms with Crippen LogP contribution in [0.4, 0.5) is 8.78 Å². The summed E-state index contributed by atoms with van der Waals surface area (Å²) in [5, 5.41) is 13.8. The van der Waals surface area contributed by atoms with E-state index in [-0.39, 0.29) is 24.0 Å². The van der Waals surface area contributed by atoms with Crippen LogP contribution in [0.15, 0.2) is 30.5 Å². The molecule has 2 heterocycles. The first-order chi connectivity index (χ1) is 12.1. The van der Waals surface area contributed by atoms with Crippen molar-refractivity contribution in [1.82, 2.24) is 25.6 Å². The van der Waals surface area contributed by atoms with E-state index in [4.69, 9.17) is 0 Å². The van der Waals surface area contributed by atoms with Crippen molar-refractivity contribution in [3.8, 4) is 5.75 Å². The van der Waals surface area contributed by atoms with Gasteiger partial charge in [-0.2, -0.15) is 8.78 Å². The van der Waals surface area contributed by atoms with Crippen LogP contribution in [0.2, 0.25) is 0 Å². The van der Waals surface area contributed by atoms with E-state index in [0.717, 1.165) is 25.9 Å². The Labute approximate surface area is 143 Å². The molecule has 134 valence electrons. The highest BCUT2D eigenvalue weighted by Crippen LogP contribution is 2.20. The zero-order chi connectivity index (χ0) is 17.6. The van der Waals surface area contributed by atoms with Crippen molar-refractivity contribution in [3.63, 3.8) is 0 Å². The normalized spacial score (nSPS) is 15.3. The number of amides is 1. The highest BCUT2D eigenvalue weighted by molar-refractivity contribution is 5.91. The van der Waals surface area contributed by atoms with E-state index in [1.807, 2.05) is 0 Å². The number of carbonyl (C=O) groups excluding carboxylic acids is 1. The second-order valence-electron chi connectivity index (χ2n) is 5.73. The number of benzene rings is 1. The lowest BCUT2D eigenvalue weighted by atomic mass is 10.1. The molecule has 1 fully saturated rings. The first kappa shape index (κ1) is 17.3. The summed E-state index contributed by atoms with van der Waals surface area (Å²) in [7, 11) is 0. The molecule has 9 heteroatoms. The molecule has 1 aromatic carbocycles. The molecule has 7 nitrogen and oxygen atoms in total. The Balaban J connectivity index is 1.60. The van der Waals surface area contributed by atoms with Crippen molar-refractivity contribution < 1.29 is 18.3 Å². The molecule has 0 spiro atoms. The highest BCUT2D eigenvalue weighted by atomic mass is 19.3. The fourth-order valence-corrected chi connectivity index (χ4v) is 2.76. The monoisotopic (exact) mass is 351 g/mol. The van der Waals surface area contributed by atoms with Gasteiger partial charge < -0.3 is 15.4 Å². The quantitative estimate of drug-likeness (QED) is 0.828. The molecule has 3 rings (SSSR count). The molecule has 1 amide bonds. The third kappa shape index (κ3) is 4.50. The summed E-state index contributed by atoms with van der Waals surface area (Å²) >= 11 is 0. The number of alkyl halides is 2. The van der Waals surface area contributed by atoms with E-state index in [9.17, 15) is 13.6 Å². The number of carbonyl (C=O) groups is 1. The molecule has 0 bridgehead atoms. The average molecular weight is 351 g/mol. The second-order valence-corrected chi connectivity index (χ2v) is 5.73. The largest absolute Gasteiger partial charge is 0.434 e. The molecule has 1 aliphatic rings. The van der Waals surface area contributed by atoms with E-state index in [0.29, 0.717) is 5.56 Å². The number of hydrogen-bond donors (Lipinski definition) is 2.